The van der Waals surface area contributed by atoms with Gasteiger partial charge in [-0.3, -0.25) is 0 Å². The number of aliphatic hydroxyl groups is 1. The average Bonchev–Trinajstić information content (AvgIpc) is 2.83. The van der Waals surface area contributed by atoms with Crippen molar-refractivity contribution in [2.75, 3.05) is 14.2 Å². The zero-order valence-corrected chi connectivity index (χ0v) is 12.4. The SMILES string of the molecule is COc1cc(OC)cc(C(O)c2cscc2Br)c1. The number of thiophene rings is 1. The van der Waals surface area contributed by atoms with Crippen molar-refractivity contribution in [2.24, 2.45) is 0 Å². The molecule has 0 radical (unpaired) electrons. The molecule has 5 heteroatoms. The van der Waals surface area contributed by atoms with Gasteiger partial charge in [-0.1, -0.05) is 0 Å². The smallest absolute Gasteiger partial charge is 0.122 e. The fourth-order valence-corrected chi connectivity index (χ4v) is 3.19. The van der Waals surface area contributed by atoms with Gasteiger partial charge in [-0.2, -0.15) is 11.3 Å². The fourth-order valence-electron chi connectivity index (χ4n) is 1.65. The molecule has 0 aliphatic carbocycles. The van der Waals surface area contributed by atoms with Crippen LogP contribution in [0, 0.1) is 0 Å². The maximum absolute atomic E-state index is 10.4. The second-order valence-corrected chi connectivity index (χ2v) is 5.32. The minimum absolute atomic E-state index is 0.662. The molecule has 0 bridgehead atoms. The first-order chi connectivity index (χ1) is 8.65. The van der Waals surface area contributed by atoms with E-state index in [0.717, 1.165) is 15.6 Å². The van der Waals surface area contributed by atoms with Crippen LogP contribution in [0.5, 0.6) is 11.5 Å². The van der Waals surface area contributed by atoms with E-state index in [-0.39, 0.29) is 0 Å². The Balaban J connectivity index is 2.41. The summed E-state index contributed by atoms with van der Waals surface area (Å²) in [5, 5.41) is 14.2. The number of hydrogen-bond donors (Lipinski definition) is 1. The highest BCUT2D eigenvalue weighted by atomic mass is 79.9. The van der Waals surface area contributed by atoms with Gasteiger partial charge in [0.2, 0.25) is 0 Å². The molecule has 96 valence electrons. The molecule has 3 nitrogen and oxygen atoms in total. The van der Waals surface area contributed by atoms with E-state index in [1.165, 1.54) is 11.3 Å². The fraction of sp³-hybridized carbons (Fsp3) is 0.231. The maximum Gasteiger partial charge on any atom is 0.122 e. The summed E-state index contributed by atoms with van der Waals surface area (Å²) < 4.78 is 11.3. The van der Waals surface area contributed by atoms with Crippen LogP contribution in [0.25, 0.3) is 0 Å². The highest BCUT2D eigenvalue weighted by Crippen LogP contribution is 2.34. The van der Waals surface area contributed by atoms with Gasteiger partial charge in [0, 0.05) is 21.5 Å². The Hall–Kier alpha value is -1.04. The lowest BCUT2D eigenvalue weighted by molar-refractivity contribution is 0.219. The molecule has 0 aliphatic rings. The molecule has 0 saturated carbocycles. The van der Waals surface area contributed by atoms with Crippen molar-refractivity contribution in [1.29, 1.82) is 0 Å². The summed E-state index contributed by atoms with van der Waals surface area (Å²) in [6.45, 7) is 0. The Bertz CT molecular complexity index is 517. The molecular weight excluding hydrogens is 316 g/mol. The first kappa shape index (κ1) is 13.4. The van der Waals surface area contributed by atoms with E-state index in [0.29, 0.717) is 11.5 Å². The van der Waals surface area contributed by atoms with E-state index >= 15 is 0 Å². The van der Waals surface area contributed by atoms with Gasteiger partial charge in [-0.05, 0) is 39.0 Å². The number of aliphatic hydroxyl groups excluding tert-OH is 1. The van der Waals surface area contributed by atoms with Gasteiger partial charge < -0.3 is 14.6 Å². The molecule has 0 amide bonds. The van der Waals surface area contributed by atoms with Crippen molar-refractivity contribution in [3.63, 3.8) is 0 Å². The van der Waals surface area contributed by atoms with E-state index in [4.69, 9.17) is 9.47 Å². The van der Waals surface area contributed by atoms with Crippen LogP contribution in [0.15, 0.2) is 33.4 Å². The summed E-state index contributed by atoms with van der Waals surface area (Å²) in [5.74, 6) is 1.32. The third-order valence-corrected chi connectivity index (χ3v) is 4.38. The van der Waals surface area contributed by atoms with E-state index < -0.39 is 6.10 Å². The van der Waals surface area contributed by atoms with Crippen LogP contribution in [-0.4, -0.2) is 19.3 Å². The van der Waals surface area contributed by atoms with Crippen molar-refractivity contribution in [2.45, 2.75) is 6.10 Å². The molecule has 1 aromatic heterocycles. The van der Waals surface area contributed by atoms with Crippen molar-refractivity contribution < 1.29 is 14.6 Å². The van der Waals surface area contributed by atoms with Crippen LogP contribution in [0.4, 0.5) is 0 Å². The highest BCUT2D eigenvalue weighted by Gasteiger charge is 2.16. The van der Waals surface area contributed by atoms with Gasteiger partial charge in [0.25, 0.3) is 0 Å². The van der Waals surface area contributed by atoms with Crippen molar-refractivity contribution in [3.05, 3.63) is 44.6 Å². The minimum atomic E-state index is -0.699. The predicted molar refractivity (Wildman–Crippen MR) is 75.6 cm³/mol. The Morgan fingerprint density at radius 2 is 1.72 bits per heavy atom. The third kappa shape index (κ3) is 2.68. The highest BCUT2D eigenvalue weighted by molar-refractivity contribution is 9.10. The quantitative estimate of drug-likeness (QED) is 0.931. The zero-order valence-electron chi connectivity index (χ0n) is 10.0. The molecule has 1 N–H and O–H groups in total. The van der Waals surface area contributed by atoms with Gasteiger partial charge >= 0.3 is 0 Å². The molecule has 2 rings (SSSR count). The summed E-state index contributed by atoms with van der Waals surface area (Å²) in [5.41, 5.74) is 1.58. The largest absolute Gasteiger partial charge is 0.497 e. The summed E-state index contributed by atoms with van der Waals surface area (Å²) in [7, 11) is 3.18. The van der Waals surface area contributed by atoms with Crippen LogP contribution in [0.3, 0.4) is 0 Å². The van der Waals surface area contributed by atoms with Crippen LogP contribution in [0.1, 0.15) is 17.2 Å². The first-order valence-electron chi connectivity index (χ1n) is 5.28. The molecule has 0 aliphatic heterocycles. The monoisotopic (exact) mass is 328 g/mol. The van der Waals surface area contributed by atoms with Crippen molar-refractivity contribution >= 4 is 27.3 Å². The molecule has 1 heterocycles. The van der Waals surface area contributed by atoms with Crippen LogP contribution in [-0.2, 0) is 0 Å². The summed E-state index contributed by atoms with van der Waals surface area (Å²) >= 11 is 4.96. The van der Waals surface area contributed by atoms with E-state index in [1.54, 1.807) is 32.4 Å². The van der Waals surface area contributed by atoms with Crippen molar-refractivity contribution in [1.82, 2.24) is 0 Å². The molecule has 2 aromatic rings. The van der Waals surface area contributed by atoms with Crippen LogP contribution in [0.2, 0.25) is 0 Å². The Kier molecular flexibility index (Phi) is 4.27. The lowest BCUT2D eigenvalue weighted by atomic mass is 10.0. The van der Waals surface area contributed by atoms with Crippen LogP contribution < -0.4 is 9.47 Å². The maximum atomic E-state index is 10.4. The summed E-state index contributed by atoms with van der Waals surface area (Å²) in [6.07, 6.45) is -0.699. The zero-order chi connectivity index (χ0) is 13.1. The molecule has 1 unspecified atom stereocenters. The van der Waals surface area contributed by atoms with Gasteiger partial charge in [0.05, 0.1) is 14.2 Å². The van der Waals surface area contributed by atoms with Crippen LogP contribution >= 0.6 is 27.3 Å². The Morgan fingerprint density at radius 1 is 1.11 bits per heavy atom. The number of halogens is 1. The van der Waals surface area contributed by atoms with Crippen molar-refractivity contribution in [3.8, 4) is 11.5 Å². The standard InChI is InChI=1S/C13H13BrO3S/c1-16-9-3-8(4-10(5-9)17-2)13(15)11-6-18-7-12(11)14/h3-7,13,15H,1-2H3. The summed E-state index contributed by atoms with van der Waals surface area (Å²) in [6, 6.07) is 5.38. The number of benzene rings is 1. The van der Waals surface area contributed by atoms with Gasteiger partial charge in [-0.25, -0.2) is 0 Å². The molecule has 1 atom stereocenters. The van der Waals surface area contributed by atoms with E-state index in [1.807, 2.05) is 10.8 Å². The third-order valence-electron chi connectivity index (χ3n) is 2.63. The molecular formula is C13H13BrO3S. The molecule has 0 spiro atoms. The predicted octanol–water partition coefficient (Wildman–Crippen LogP) is 3.61. The number of ether oxygens (including phenoxy) is 2. The summed E-state index contributed by atoms with van der Waals surface area (Å²) in [4.78, 5) is 0. The van der Waals surface area contributed by atoms with E-state index in [9.17, 15) is 5.11 Å². The topological polar surface area (TPSA) is 38.7 Å². The minimum Gasteiger partial charge on any atom is -0.497 e. The Labute approximate surface area is 118 Å². The second kappa shape index (κ2) is 5.73. The molecule has 0 fully saturated rings. The van der Waals surface area contributed by atoms with Gasteiger partial charge in [-0.15, -0.1) is 0 Å². The number of hydrogen-bond acceptors (Lipinski definition) is 4. The molecule has 18 heavy (non-hydrogen) atoms. The molecule has 0 saturated heterocycles. The van der Waals surface area contributed by atoms with Gasteiger partial charge in [0.15, 0.2) is 0 Å². The lowest BCUT2D eigenvalue weighted by Gasteiger charge is -2.13. The van der Waals surface area contributed by atoms with E-state index in [2.05, 4.69) is 15.9 Å². The second-order valence-electron chi connectivity index (χ2n) is 3.72. The lowest BCUT2D eigenvalue weighted by Crippen LogP contribution is -2.00. The average molecular weight is 329 g/mol. The first-order valence-corrected chi connectivity index (χ1v) is 7.02. The number of methoxy groups -OCH3 is 2. The Morgan fingerprint density at radius 3 is 2.17 bits per heavy atom. The van der Waals surface area contributed by atoms with Gasteiger partial charge in [0.1, 0.15) is 17.6 Å². The molecule has 1 aromatic carbocycles. The number of rotatable bonds is 4. The normalized spacial score (nSPS) is 12.2.